The lowest BCUT2D eigenvalue weighted by Gasteiger charge is -2.22. The SMILES string of the molecule is CCC(C(=O)O)N(C)C(=O)c1ccc(S(=O)(=O)N(C)C)o1. The van der Waals surface area contributed by atoms with Crippen molar-refractivity contribution in [3.63, 3.8) is 0 Å². The predicted molar refractivity (Wildman–Crippen MR) is 73.4 cm³/mol. The molecular weight excluding hydrogens is 300 g/mol. The first-order valence-corrected chi connectivity index (χ1v) is 7.59. The van der Waals surface area contributed by atoms with E-state index in [1.54, 1.807) is 6.92 Å². The summed E-state index contributed by atoms with van der Waals surface area (Å²) in [5, 5.41) is 8.65. The van der Waals surface area contributed by atoms with Gasteiger partial charge in [-0.3, -0.25) is 4.79 Å². The zero-order valence-corrected chi connectivity index (χ0v) is 13.0. The van der Waals surface area contributed by atoms with Crippen molar-refractivity contribution in [3.05, 3.63) is 17.9 Å². The average Bonchev–Trinajstić information content (AvgIpc) is 2.87. The van der Waals surface area contributed by atoms with Gasteiger partial charge in [-0.15, -0.1) is 0 Å². The smallest absolute Gasteiger partial charge is 0.326 e. The van der Waals surface area contributed by atoms with E-state index in [0.29, 0.717) is 0 Å². The molecule has 1 unspecified atom stereocenters. The van der Waals surface area contributed by atoms with Gasteiger partial charge < -0.3 is 14.4 Å². The van der Waals surface area contributed by atoms with Crippen molar-refractivity contribution in [1.82, 2.24) is 9.21 Å². The monoisotopic (exact) mass is 318 g/mol. The van der Waals surface area contributed by atoms with Crippen LogP contribution in [0.2, 0.25) is 0 Å². The molecule has 1 heterocycles. The number of hydrogen-bond donors (Lipinski definition) is 1. The molecule has 118 valence electrons. The summed E-state index contributed by atoms with van der Waals surface area (Å²) in [7, 11) is 0.221. The van der Waals surface area contributed by atoms with Gasteiger partial charge in [0, 0.05) is 21.1 Å². The van der Waals surface area contributed by atoms with Gasteiger partial charge >= 0.3 is 5.97 Å². The molecular formula is C12H18N2O6S. The van der Waals surface area contributed by atoms with E-state index >= 15 is 0 Å². The van der Waals surface area contributed by atoms with E-state index in [9.17, 15) is 18.0 Å². The molecule has 1 aromatic rings. The molecule has 1 amide bonds. The van der Waals surface area contributed by atoms with Crippen molar-refractivity contribution in [3.8, 4) is 0 Å². The maximum absolute atomic E-state index is 12.1. The molecule has 0 radical (unpaired) electrons. The Hall–Kier alpha value is -1.87. The van der Waals surface area contributed by atoms with E-state index < -0.39 is 27.9 Å². The lowest BCUT2D eigenvalue weighted by atomic mass is 10.2. The van der Waals surface area contributed by atoms with Gasteiger partial charge in [0.2, 0.25) is 5.09 Å². The van der Waals surface area contributed by atoms with Crippen LogP contribution in [0.25, 0.3) is 0 Å². The Kier molecular flexibility index (Phi) is 5.13. The number of sulfonamides is 1. The summed E-state index contributed by atoms with van der Waals surface area (Å²) in [4.78, 5) is 24.2. The average molecular weight is 318 g/mol. The van der Waals surface area contributed by atoms with Crippen LogP contribution in [0.4, 0.5) is 0 Å². The second-order valence-corrected chi connectivity index (χ2v) is 6.67. The van der Waals surface area contributed by atoms with E-state index in [1.165, 1.54) is 27.2 Å². The first-order chi connectivity index (χ1) is 9.62. The minimum absolute atomic E-state index is 0.223. The third kappa shape index (κ3) is 3.42. The summed E-state index contributed by atoms with van der Waals surface area (Å²) < 4.78 is 29.7. The van der Waals surface area contributed by atoms with Gasteiger partial charge in [-0.1, -0.05) is 6.92 Å². The fourth-order valence-electron chi connectivity index (χ4n) is 1.68. The van der Waals surface area contributed by atoms with Gasteiger partial charge in [0.25, 0.3) is 15.9 Å². The molecule has 21 heavy (non-hydrogen) atoms. The number of hydrogen-bond acceptors (Lipinski definition) is 5. The second kappa shape index (κ2) is 6.27. The van der Waals surface area contributed by atoms with Crippen LogP contribution in [0.5, 0.6) is 0 Å². The zero-order chi connectivity index (χ0) is 16.4. The second-order valence-electron chi connectivity index (χ2n) is 4.58. The van der Waals surface area contributed by atoms with Crippen molar-refractivity contribution in [2.45, 2.75) is 24.5 Å². The van der Waals surface area contributed by atoms with Gasteiger partial charge in [-0.2, -0.15) is 0 Å². The normalized spacial score (nSPS) is 13.2. The number of amides is 1. The molecule has 0 aliphatic rings. The number of likely N-dealkylation sites (N-methyl/N-ethyl adjacent to an activating group) is 1. The van der Waals surface area contributed by atoms with Crippen LogP contribution < -0.4 is 0 Å². The quantitative estimate of drug-likeness (QED) is 0.816. The zero-order valence-electron chi connectivity index (χ0n) is 12.2. The number of aliphatic carboxylic acids is 1. The summed E-state index contributed by atoms with van der Waals surface area (Å²) in [6, 6.07) is 1.37. The standard InChI is InChI=1S/C12H18N2O6S/c1-5-8(12(16)17)14(4)11(15)9-6-7-10(20-9)21(18,19)13(2)3/h6-8H,5H2,1-4H3,(H,16,17). The first kappa shape index (κ1) is 17.2. The third-order valence-electron chi connectivity index (χ3n) is 2.99. The third-order valence-corrected chi connectivity index (χ3v) is 4.68. The fourth-order valence-corrected chi connectivity index (χ4v) is 2.48. The Labute approximate surface area is 123 Å². The van der Waals surface area contributed by atoms with Crippen LogP contribution in [0.1, 0.15) is 23.9 Å². The van der Waals surface area contributed by atoms with E-state index in [2.05, 4.69) is 0 Å². The van der Waals surface area contributed by atoms with Crippen molar-refractivity contribution in [2.24, 2.45) is 0 Å². The molecule has 0 bridgehead atoms. The van der Waals surface area contributed by atoms with Gasteiger partial charge in [-0.05, 0) is 18.6 Å². The molecule has 1 rings (SSSR count). The number of rotatable bonds is 6. The minimum Gasteiger partial charge on any atom is -0.480 e. The summed E-state index contributed by atoms with van der Waals surface area (Å²) in [6.45, 7) is 1.63. The Balaban J connectivity index is 3.06. The van der Waals surface area contributed by atoms with Crippen LogP contribution in [0.15, 0.2) is 21.6 Å². The maximum atomic E-state index is 12.1. The van der Waals surface area contributed by atoms with E-state index in [-0.39, 0.29) is 17.3 Å². The molecule has 8 nitrogen and oxygen atoms in total. The minimum atomic E-state index is -3.78. The van der Waals surface area contributed by atoms with Crippen LogP contribution in [-0.2, 0) is 14.8 Å². The molecule has 0 aliphatic heterocycles. The molecule has 0 saturated carbocycles. The van der Waals surface area contributed by atoms with Crippen LogP contribution >= 0.6 is 0 Å². The van der Waals surface area contributed by atoms with Gasteiger partial charge in [0.15, 0.2) is 5.76 Å². The van der Waals surface area contributed by atoms with Crippen molar-refractivity contribution in [1.29, 1.82) is 0 Å². The highest BCUT2D eigenvalue weighted by Crippen LogP contribution is 2.19. The van der Waals surface area contributed by atoms with Gasteiger partial charge in [0.05, 0.1) is 0 Å². The van der Waals surface area contributed by atoms with Gasteiger partial charge in [0.1, 0.15) is 6.04 Å². The molecule has 1 atom stereocenters. The highest BCUT2D eigenvalue weighted by atomic mass is 32.2. The highest BCUT2D eigenvalue weighted by molar-refractivity contribution is 7.88. The number of carboxylic acid groups (broad SMARTS) is 1. The Morgan fingerprint density at radius 3 is 2.29 bits per heavy atom. The number of carbonyl (C=O) groups is 2. The van der Waals surface area contributed by atoms with Crippen molar-refractivity contribution in [2.75, 3.05) is 21.1 Å². The van der Waals surface area contributed by atoms with E-state index in [1.807, 2.05) is 0 Å². The lowest BCUT2D eigenvalue weighted by Crippen LogP contribution is -2.41. The number of carboxylic acids is 1. The van der Waals surface area contributed by atoms with E-state index in [0.717, 1.165) is 15.3 Å². The number of carbonyl (C=O) groups excluding carboxylic acids is 1. The molecule has 0 aromatic carbocycles. The van der Waals surface area contributed by atoms with Crippen LogP contribution in [0, 0.1) is 0 Å². The van der Waals surface area contributed by atoms with Gasteiger partial charge in [-0.25, -0.2) is 17.5 Å². The summed E-state index contributed by atoms with van der Waals surface area (Å²) in [5.41, 5.74) is 0. The Bertz CT molecular complexity index is 634. The first-order valence-electron chi connectivity index (χ1n) is 6.15. The fraction of sp³-hybridized carbons (Fsp3) is 0.500. The molecule has 0 aliphatic carbocycles. The molecule has 1 aromatic heterocycles. The summed E-state index contributed by atoms with van der Waals surface area (Å²) in [6.07, 6.45) is 0.223. The summed E-state index contributed by atoms with van der Waals surface area (Å²) in [5.74, 6) is -2.05. The highest BCUT2D eigenvalue weighted by Gasteiger charge is 2.29. The topological polar surface area (TPSA) is 108 Å². The van der Waals surface area contributed by atoms with Crippen LogP contribution in [-0.4, -0.2) is 61.8 Å². The van der Waals surface area contributed by atoms with Crippen molar-refractivity contribution < 1.29 is 27.5 Å². The van der Waals surface area contributed by atoms with E-state index in [4.69, 9.17) is 9.52 Å². The Morgan fingerprint density at radius 2 is 1.86 bits per heavy atom. The molecule has 9 heteroatoms. The van der Waals surface area contributed by atoms with Crippen LogP contribution in [0.3, 0.4) is 0 Å². The molecule has 0 spiro atoms. The molecule has 0 saturated heterocycles. The number of nitrogens with zero attached hydrogens (tertiary/aromatic N) is 2. The summed E-state index contributed by atoms with van der Waals surface area (Å²) >= 11 is 0. The molecule has 1 N–H and O–H groups in total. The largest absolute Gasteiger partial charge is 0.480 e. The maximum Gasteiger partial charge on any atom is 0.326 e. The Morgan fingerprint density at radius 1 is 1.29 bits per heavy atom. The predicted octanol–water partition coefficient (Wildman–Crippen LogP) is 0.465. The number of furan rings is 1. The lowest BCUT2D eigenvalue weighted by molar-refractivity contribution is -0.142. The molecule has 0 fully saturated rings. The van der Waals surface area contributed by atoms with Crippen molar-refractivity contribution >= 4 is 21.9 Å².